The zero-order chi connectivity index (χ0) is 20.4. The number of ether oxygens (including phenoxy) is 2. The molecule has 0 fully saturated rings. The minimum atomic E-state index is -0.0687. The van der Waals surface area contributed by atoms with Crippen LogP contribution in [0.5, 0.6) is 11.5 Å². The summed E-state index contributed by atoms with van der Waals surface area (Å²) in [5, 5.41) is 12.1. The van der Waals surface area contributed by atoms with Crippen LogP contribution in [-0.2, 0) is 11.3 Å². The maximum absolute atomic E-state index is 12.4. The van der Waals surface area contributed by atoms with Gasteiger partial charge in [-0.2, -0.15) is 0 Å². The van der Waals surface area contributed by atoms with E-state index in [4.69, 9.17) is 9.47 Å². The van der Waals surface area contributed by atoms with Crippen LogP contribution in [0, 0.1) is 20.8 Å². The Bertz CT molecular complexity index is 1060. The molecule has 0 aliphatic carbocycles. The van der Waals surface area contributed by atoms with Gasteiger partial charge in [0, 0.05) is 6.54 Å². The topological polar surface area (TPSA) is 78.3 Å². The van der Waals surface area contributed by atoms with E-state index >= 15 is 0 Å². The second kappa shape index (κ2) is 8.16. The van der Waals surface area contributed by atoms with Crippen molar-refractivity contribution in [1.82, 2.24) is 20.1 Å². The van der Waals surface area contributed by atoms with Crippen LogP contribution in [0.2, 0.25) is 0 Å². The molecule has 1 aliphatic rings. The number of aryl methyl sites for hydroxylation is 3. The Labute approximate surface area is 173 Å². The number of amides is 1. The van der Waals surface area contributed by atoms with E-state index < -0.39 is 0 Å². The number of fused-ring (bicyclic) bond motifs is 1. The van der Waals surface area contributed by atoms with Gasteiger partial charge in [0.25, 0.3) is 0 Å². The Morgan fingerprint density at radius 3 is 2.79 bits per heavy atom. The van der Waals surface area contributed by atoms with Gasteiger partial charge in [-0.3, -0.25) is 9.36 Å². The first kappa shape index (κ1) is 19.3. The van der Waals surface area contributed by atoms with Gasteiger partial charge in [-0.05, 0) is 55.7 Å². The molecule has 2 aromatic carbocycles. The molecular weight excluding hydrogens is 388 g/mol. The maximum Gasteiger partial charge on any atom is 0.231 e. The average Bonchev–Trinajstić information content (AvgIpc) is 3.32. The molecule has 0 saturated heterocycles. The van der Waals surface area contributed by atoms with E-state index in [9.17, 15) is 4.79 Å². The van der Waals surface area contributed by atoms with Crippen molar-refractivity contribution < 1.29 is 14.3 Å². The predicted octanol–water partition coefficient (Wildman–Crippen LogP) is 3.33. The second-order valence-electron chi connectivity index (χ2n) is 6.91. The highest BCUT2D eigenvalue weighted by atomic mass is 32.2. The number of carbonyl (C=O) groups excluding carboxylic acids is 1. The highest BCUT2D eigenvalue weighted by Gasteiger charge is 2.16. The molecule has 1 aromatic heterocycles. The largest absolute Gasteiger partial charge is 0.454 e. The molecule has 0 spiro atoms. The highest BCUT2D eigenvalue weighted by molar-refractivity contribution is 7.99. The fraction of sp³-hybridized carbons (Fsp3) is 0.286. The van der Waals surface area contributed by atoms with Gasteiger partial charge in [-0.25, -0.2) is 0 Å². The van der Waals surface area contributed by atoms with Gasteiger partial charge in [0.1, 0.15) is 5.82 Å². The lowest BCUT2D eigenvalue weighted by Gasteiger charge is -2.12. The summed E-state index contributed by atoms with van der Waals surface area (Å²) >= 11 is 1.37. The molecule has 1 amide bonds. The van der Waals surface area contributed by atoms with Crippen molar-refractivity contribution in [2.75, 3.05) is 12.5 Å². The first-order chi connectivity index (χ1) is 14.0. The van der Waals surface area contributed by atoms with Crippen molar-refractivity contribution in [3.05, 3.63) is 58.9 Å². The van der Waals surface area contributed by atoms with E-state index in [0.717, 1.165) is 34.0 Å². The summed E-state index contributed by atoms with van der Waals surface area (Å²) in [6.07, 6.45) is 0. The second-order valence-corrected chi connectivity index (χ2v) is 7.85. The van der Waals surface area contributed by atoms with Crippen LogP contribution in [0.3, 0.4) is 0 Å². The number of carbonyl (C=O) groups is 1. The summed E-state index contributed by atoms with van der Waals surface area (Å²) in [6, 6.07) is 11.9. The molecule has 8 heteroatoms. The molecule has 2 heterocycles. The lowest BCUT2D eigenvalue weighted by molar-refractivity contribution is -0.118. The smallest absolute Gasteiger partial charge is 0.231 e. The summed E-state index contributed by atoms with van der Waals surface area (Å²) < 4.78 is 12.7. The Morgan fingerprint density at radius 2 is 1.93 bits per heavy atom. The average molecular weight is 410 g/mol. The summed E-state index contributed by atoms with van der Waals surface area (Å²) in [6.45, 7) is 6.69. The molecule has 0 bridgehead atoms. The summed E-state index contributed by atoms with van der Waals surface area (Å²) in [7, 11) is 0. The molecule has 0 radical (unpaired) electrons. The number of benzene rings is 2. The van der Waals surface area contributed by atoms with E-state index in [2.05, 4.69) is 47.6 Å². The Kier molecular flexibility index (Phi) is 5.44. The monoisotopic (exact) mass is 410 g/mol. The molecule has 150 valence electrons. The molecule has 29 heavy (non-hydrogen) atoms. The first-order valence-electron chi connectivity index (χ1n) is 9.29. The number of hydrogen-bond acceptors (Lipinski definition) is 6. The van der Waals surface area contributed by atoms with Gasteiger partial charge in [0.2, 0.25) is 12.7 Å². The normalized spacial score (nSPS) is 12.2. The van der Waals surface area contributed by atoms with Gasteiger partial charge >= 0.3 is 0 Å². The molecule has 0 unspecified atom stereocenters. The zero-order valence-electron chi connectivity index (χ0n) is 16.6. The molecule has 3 aromatic rings. The fourth-order valence-electron chi connectivity index (χ4n) is 3.11. The van der Waals surface area contributed by atoms with Crippen molar-refractivity contribution in [1.29, 1.82) is 0 Å². The number of rotatable bonds is 6. The van der Waals surface area contributed by atoms with Crippen molar-refractivity contribution in [3.63, 3.8) is 0 Å². The lowest BCUT2D eigenvalue weighted by atomic mass is 10.1. The molecule has 7 nitrogen and oxygen atoms in total. The SMILES string of the molecule is Cc1ccc(C)c(-n2c(C)nnc2SCC(=O)NCc2ccc3c(c2)OCO3)c1. The molecule has 4 rings (SSSR count). The first-order valence-corrected chi connectivity index (χ1v) is 10.3. The van der Waals surface area contributed by atoms with Gasteiger partial charge in [-0.15, -0.1) is 10.2 Å². The number of nitrogens with one attached hydrogen (secondary N) is 1. The van der Waals surface area contributed by atoms with Gasteiger partial charge < -0.3 is 14.8 Å². The van der Waals surface area contributed by atoms with Crippen LogP contribution in [0.1, 0.15) is 22.5 Å². The number of nitrogens with zero attached hydrogens (tertiary/aromatic N) is 3. The minimum absolute atomic E-state index is 0.0687. The van der Waals surface area contributed by atoms with Gasteiger partial charge in [0.05, 0.1) is 11.4 Å². The fourth-order valence-corrected chi connectivity index (χ4v) is 3.93. The van der Waals surface area contributed by atoms with E-state index in [0.29, 0.717) is 17.5 Å². The molecule has 1 N–H and O–H groups in total. The number of aromatic nitrogens is 3. The third kappa shape index (κ3) is 4.22. The van der Waals surface area contributed by atoms with Crippen LogP contribution in [0.15, 0.2) is 41.6 Å². The molecule has 0 atom stereocenters. The van der Waals surface area contributed by atoms with E-state index in [-0.39, 0.29) is 18.5 Å². The molecule has 0 saturated carbocycles. The van der Waals surface area contributed by atoms with Gasteiger partial charge in [-0.1, -0.05) is 30.0 Å². The minimum Gasteiger partial charge on any atom is -0.454 e. The van der Waals surface area contributed by atoms with Crippen LogP contribution >= 0.6 is 11.8 Å². The molecule has 1 aliphatic heterocycles. The van der Waals surface area contributed by atoms with Crippen LogP contribution in [0.4, 0.5) is 0 Å². The van der Waals surface area contributed by atoms with Crippen molar-refractivity contribution in [2.24, 2.45) is 0 Å². The highest BCUT2D eigenvalue weighted by Crippen LogP contribution is 2.32. The third-order valence-corrected chi connectivity index (χ3v) is 5.59. The maximum atomic E-state index is 12.4. The quantitative estimate of drug-likeness (QED) is 0.628. The van der Waals surface area contributed by atoms with E-state index in [1.165, 1.54) is 11.8 Å². The number of thioether (sulfide) groups is 1. The Balaban J connectivity index is 1.39. The van der Waals surface area contributed by atoms with Gasteiger partial charge in [0.15, 0.2) is 16.7 Å². The summed E-state index contributed by atoms with van der Waals surface area (Å²) in [4.78, 5) is 12.4. The van der Waals surface area contributed by atoms with Crippen LogP contribution < -0.4 is 14.8 Å². The van der Waals surface area contributed by atoms with Crippen molar-refractivity contribution in [2.45, 2.75) is 32.5 Å². The van der Waals surface area contributed by atoms with Crippen molar-refractivity contribution >= 4 is 17.7 Å². The van der Waals surface area contributed by atoms with Crippen molar-refractivity contribution in [3.8, 4) is 17.2 Å². The summed E-state index contributed by atoms with van der Waals surface area (Å²) in [5.74, 6) is 2.43. The predicted molar refractivity (Wildman–Crippen MR) is 111 cm³/mol. The van der Waals surface area contributed by atoms with Crippen LogP contribution in [0.25, 0.3) is 5.69 Å². The van der Waals surface area contributed by atoms with E-state index in [1.807, 2.05) is 29.7 Å². The Hall–Kier alpha value is -3.00. The Morgan fingerprint density at radius 1 is 1.10 bits per heavy atom. The van der Waals surface area contributed by atoms with Crippen LogP contribution in [-0.4, -0.2) is 33.2 Å². The number of hydrogen-bond donors (Lipinski definition) is 1. The van der Waals surface area contributed by atoms with E-state index in [1.54, 1.807) is 0 Å². The summed E-state index contributed by atoms with van der Waals surface area (Å²) in [5.41, 5.74) is 4.29. The lowest BCUT2D eigenvalue weighted by Crippen LogP contribution is -2.24. The molecular formula is C21H22N4O3S. The zero-order valence-corrected chi connectivity index (χ0v) is 17.4. The standard InChI is InChI=1S/C21H22N4O3S/c1-13-4-5-14(2)17(8-13)25-15(3)23-24-21(25)29-11-20(26)22-10-16-6-7-18-19(9-16)28-12-27-18/h4-9H,10-12H2,1-3H3,(H,22,26). The third-order valence-electron chi connectivity index (χ3n) is 4.66.